The number of nitrogens with two attached hydrogens (primary N) is 1. The molecule has 1 aromatic carbocycles. The maximum absolute atomic E-state index is 12.5. The zero-order chi connectivity index (χ0) is 15.5. The molecule has 114 valence electrons. The fraction of sp³-hybridized carbons (Fsp3) is 0.600. The Morgan fingerprint density at radius 1 is 1.10 bits per heavy atom. The summed E-state index contributed by atoms with van der Waals surface area (Å²) >= 11 is 0. The maximum atomic E-state index is 12.5. The van der Waals surface area contributed by atoms with Gasteiger partial charge in [0.25, 0.3) is 0 Å². The standard InChI is InChI=1S/C15H26N2O2S/c1-10(2)6-7-13(5)17-20(18,19)15-11(3)8-14(16)9-12(15)4/h8-10,13,17H,6-7,16H2,1-5H3. The van der Waals surface area contributed by atoms with Crippen LogP contribution in [0.2, 0.25) is 0 Å². The Morgan fingerprint density at radius 3 is 2.05 bits per heavy atom. The van der Waals surface area contributed by atoms with Crippen LogP contribution in [0, 0.1) is 19.8 Å². The van der Waals surface area contributed by atoms with Crippen LogP contribution in [0.4, 0.5) is 5.69 Å². The number of rotatable bonds is 6. The van der Waals surface area contributed by atoms with E-state index in [4.69, 9.17) is 5.73 Å². The highest BCUT2D eigenvalue weighted by atomic mass is 32.2. The molecule has 1 aromatic rings. The summed E-state index contributed by atoms with van der Waals surface area (Å²) in [5, 5.41) is 0. The Hall–Kier alpha value is -1.07. The predicted molar refractivity (Wildman–Crippen MR) is 84.2 cm³/mol. The maximum Gasteiger partial charge on any atom is 0.241 e. The van der Waals surface area contributed by atoms with E-state index in [1.165, 1.54) is 0 Å². The summed E-state index contributed by atoms with van der Waals surface area (Å²) in [4.78, 5) is 0.350. The van der Waals surface area contributed by atoms with Gasteiger partial charge in [0, 0.05) is 11.7 Å². The molecule has 3 N–H and O–H groups in total. The molecule has 1 rings (SSSR count). The van der Waals surface area contributed by atoms with E-state index in [-0.39, 0.29) is 6.04 Å². The van der Waals surface area contributed by atoms with Crippen molar-refractivity contribution in [3.05, 3.63) is 23.3 Å². The topological polar surface area (TPSA) is 72.2 Å². The lowest BCUT2D eigenvalue weighted by Crippen LogP contribution is -2.33. The lowest BCUT2D eigenvalue weighted by Gasteiger charge is -2.18. The van der Waals surface area contributed by atoms with Gasteiger partial charge in [-0.25, -0.2) is 13.1 Å². The van der Waals surface area contributed by atoms with Crippen molar-refractivity contribution in [1.29, 1.82) is 0 Å². The first kappa shape index (κ1) is 17.0. The molecule has 5 heteroatoms. The summed E-state index contributed by atoms with van der Waals surface area (Å²) in [6.45, 7) is 9.72. The summed E-state index contributed by atoms with van der Waals surface area (Å²) < 4.78 is 27.7. The first-order valence-corrected chi connectivity index (χ1v) is 8.51. The highest BCUT2D eigenvalue weighted by molar-refractivity contribution is 7.89. The Morgan fingerprint density at radius 2 is 1.60 bits per heavy atom. The molecule has 0 aliphatic heterocycles. The lowest BCUT2D eigenvalue weighted by molar-refractivity contribution is 0.485. The molecule has 0 heterocycles. The highest BCUT2D eigenvalue weighted by Crippen LogP contribution is 2.23. The fourth-order valence-corrected chi connectivity index (χ4v) is 4.10. The summed E-state index contributed by atoms with van der Waals surface area (Å²) in [5.41, 5.74) is 7.70. The molecule has 0 spiro atoms. The van der Waals surface area contributed by atoms with Crippen molar-refractivity contribution in [3.8, 4) is 0 Å². The van der Waals surface area contributed by atoms with Gasteiger partial charge in [-0.15, -0.1) is 0 Å². The lowest BCUT2D eigenvalue weighted by atomic mass is 10.1. The average molecular weight is 298 g/mol. The van der Waals surface area contributed by atoms with Crippen molar-refractivity contribution in [1.82, 2.24) is 4.72 Å². The van der Waals surface area contributed by atoms with Gasteiger partial charge in [0.2, 0.25) is 10.0 Å². The van der Waals surface area contributed by atoms with Crippen LogP contribution in [-0.2, 0) is 10.0 Å². The van der Waals surface area contributed by atoms with E-state index in [1.807, 2.05) is 6.92 Å². The first-order chi connectivity index (χ1) is 9.13. The molecule has 20 heavy (non-hydrogen) atoms. The molecule has 0 saturated carbocycles. The van der Waals surface area contributed by atoms with E-state index in [0.29, 0.717) is 27.6 Å². The summed E-state index contributed by atoms with van der Waals surface area (Å²) in [5.74, 6) is 0.571. The molecule has 4 nitrogen and oxygen atoms in total. The molecule has 1 atom stereocenters. The highest BCUT2D eigenvalue weighted by Gasteiger charge is 2.22. The predicted octanol–water partition coefficient (Wildman–Crippen LogP) is 2.99. The van der Waals surface area contributed by atoms with Crippen LogP contribution in [0.15, 0.2) is 17.0 Å². The Labute approximate surface area is 122 Å². The second-order valence-corrected chi connectivity index (χ2v) is 7.63. The largest absolute Gasteiger partial charge is 0.399 e. The smallest absolute Gasteiger partial charge is 0.241 e. The third-order valence-corrected chi connectivity index (χ3v) is 5.18. The number of nitrogen functional groups attached to an aromatic ring is 1. The average Bonchev–Trinajstić information content (AvgIpc) is 2.23. The fourth-order valence-electron chi connectivity index (χ4n) is 2.37. The number of benzene rings is 1. The normalized spacial score (nSPS) is 13.7. The molecule has 0 bridgehead atoms. The van der Waals surface area contributed by atoms with Gasteiger partial charge in [-0.1, -0.05) is 13.8 Å². The van der Waals surface area contributed by atoms with E-state index in [1.54, 1.807) is 26.0 Å². The van der Waals surface area contributed by atoms with Gasteiger partial charge < -0.3 is 5.73 Å². The SMILES string of the molecule is Cc1cc(N)cc(C)c1S(=O)(=O)NC(C)CCC(C)C. The molecule has 0 saturated heterocycles. The van der Waals surface area contributed by atoms with Crippen LogP contribution in [-0.4, -0.2) is 14.5 Å². The second kappa shape index (κ2) is 6.59. The Kier molecular flexibility index (Phi) is 5.59. The van der Waals surface area contributed by atoms with Gasteiger partial charge in [-0.2, -0.15) is 0 Å². The van der Waals surface area contributed by atoms with Crippen molar-refractivity contribution in [2.24, 2.45) is 5.92 Å². The number of nitrogens with one attached hydrogen (secondary N) is 1. The van der Waals surface area contributed by atoms with Crippen LogP contribution < -0.4 is 10.5 Å². The minimum atomic E-state index is -3.49. The number of hydrogen-bond acceptors (Lipinski definition) is 3. The van der Waals surface area contributed by atoms with E-state index in [9.17, 15) is 8.42 Å². The molecule has 0 aliphatic carbocycles. The van der Waals surface area contributed by atoms with Crippen molar-refractivity contribution >= 4 is 15.7 Å². The van der Waals surface area contributed by atoms with Gasteiger partial charge >= 0.3 is 0 Å². The Bertz CT molecular complexity index is 542. The first-order valence-electron chi connectivity index (χ1n) is 7.02. The molecule has 0 fully saturated rings. The zero-order valence-corrected chi connectivity index (χ0v) is 13.8. The summed E-state index contributed by atoms with van der Waals surface area (Å²) in [6, 6.07) is 3.32. The van der Waals surface area contributed by atoms with Gasteiger partial charge in [0.1, 0.15) is 0 Å². The minimum absolute atomic E-state index is 0.0706. The summed E-state index contributed by atoms with van der Waals surface area (Å²) in [7, 11) is -3.49. The van der Waals surface area contributed by atoms with Crippen LogP contribution >= 0.6 is 0 Å². The number of sulfonamides is 1. The molecular weight excluding hydrogens is 272 g/mol. The third-order valence-electron chi connectivity index (χ3n) is 3.28. The van der Waals surface area contributed by atoms with Gasteiger partial charge in [-0.3, -0.25) is 0 Å². The quantitative estimate of drug-likeness (QED) is 0.793. The number of anilines is 1. The molecule has 0 amide bonds. The second-order valence-electron chi connectivity index (χ2n) is 5.98. The van der Waals surface area contributed by atoms with Crippen LogP contribution in [0.25, 0.3) is 0 Å². The van der Waals surface area contributed by atoms with Gasteiger partial charge in [-0.05, 0) is 62.8 Å². The number of aryl methyl sites for hydroxylation is 2. The molecule has 0 radical (unpaired) electrons. The van der Waals surface area contributed by atoms with E-state index < -0.39 is 10.0 Å². The molecular formula is C15H26N2O2S. The zero-order valence-electron chi connectivity index (χ0n) is 13.0. The van der Waals surface area contributed by atoms with E-state index >= 15 is 0 Å². The molecule has 0 aromatic heterocycles. The summed E-state index contributed by atoms with van der Waals surface area (Å²) in [6.07, 6.45) is 1.84. The van der Waals surface area contributed by atoms with Gasteiger partial charge in [0.05, 0.1) is 4.90 Å². The van der Waals surface area contributed by atoms with Gasteiger partial charge in [0.15, 0.2) is 0 Å². The van der Waals surface area contributed by atoms with Crippen molar-refractivity contribution < 1.29 is 8.42 Å². The van der Waals surface area contributed by atoms with Crippen molar-refractivity contribution in [2.75, 3.05) is 5.73 Å². The van der Waals surface area contributed by atoms with Crippen LogP contribution in [0.5, 0.6) is 0 Å². The minimum Gasteiger partial charge on any atom is -0.399 e. The number of hydrogen-bond donors (Lipinski definition) is 2. The van der Waals surface area contributed by atoms with Crippen molar-refractivity contribution in [3.63, 3.8) is 0 Å². The third kappa shape index (κ3) is 4.49. The molecule has 1 unspecified atom stereocenters. The van der Waals surface area contributed by atoms with Crippen molar-refractivity contribution in [2.45, 2.75) is 58.4 Å². The monoisotopic (exact) mass is 298 g/mol. The van der Waals surface area contributed by atoms with Crippen LogP contribution in [0.1, 0.15) is 44.7 Å². The van der Waals surface area contributed by atoms with Crippen LogP contribution in [0.3, 0.4) is 0 Å². The Balaban J connectivity index is 2.95. The van der Waals surface area contributed by atoms with E-state index in [0.717, 1.165) is 12.8 Å². The molecule has 0 aliphatic rings. The van der Waals surface area contributed by atoms with E-state index in [2.05, 4.69) is 18.6 Å².